The predicted molar refractivity (Wildman–Crippen MR) is 86.1 cm³/mol. The monoisotopic (exact) mass is 314 g/mol. The highest BCUT2D eigenvalue weighted by Gasteiger charge is 2.20. The van der Waals surface area contributed by atoms with Crippen LogP contribution >= 0.6 is 11.6 Å². The van der Waals surface area contributed by atoms with Gasteiger partial charge >= 0.3 is 0 Å². The van der Waals surface area contributed by atoms with E-state index >= 15 is 0 Å². The minimum absolute atomic E-state index is 0.0669. The Kier molecular flexibility index (Phi) is 4.06. The molecule has 0 radical (unpaired) electrons. The number of benzene rings is 1. The molecule has 0 atom stereocenters. The van der Waals surface area contributed by atoms with Gasteiger partial charge in [0.15, 0.2) is 0 Å². The molecule has 2 heterocycles. The lowest BCUT2D eigenvalue weighted by atomic mass is 10.1. The Morgan fingerprint density at radius 2 is 2.18 bits per heavy atom. The Balaban J connectivity index is 1.73. The number of amides is 1. The molecule has 0 saturated carbocycles. The van der Waals surface area contributed by atoms with Crippen LogP contribution in [-0.2, 0) is 17.8 Å². The van der Waals surface area contributed by atoms with Crippen molar-refractivity contribution in [2.45, 2.75) is 13.0 Å². The standard InChI is InChI=1S/C16H15ClN4O/c17-13-4-2-1-3-11(13)5-6-15(22)21-8-7-12-9-19-16(18)20-14(12)10-21/h1-6,9H,7-8,10H2,(H2,18,19,20). The quantitative estimate of drug-likeness (QED) is 0.863. The number of carbonyl (C=O) groups is 1. The molecule has 112 valence electrons. The highest BCUT2D eigenvalue weighted by molar-refractivity contribution is 6.32. The maximum atomic E-state index is 12.3. The van der Waals surface area contributed by atoms with E-state index in [-0.39, 0.29) is 11.9 Å². The summed E-state index contributed by atoms with van der Waals surface area (Å²) in [5.41, 5.74) is 8.29. The molecule has 0 saturated heterocycles. The largest absolute Gasteiger partial charge is 0.368 e. The Morgan fingerprint density at radius 1 is 1.36 bits per heavy atom. The summed E-state index contributed by atoms with van der Waals surface area (Å²) >= 11 is 6.07. The summed E-state index contributed by atoms with van der Waals surface area (Å²) in [6.45, 7) is 1.10. The normalized spacial score (nSPS) is 14.1. The summed E-state index contributed by atoms with van der Waals surface area (Å²) in [5, 5.41) is 0.621. The van der Waals surface area contributed by atoms with Crippen molar-refractivity contribution in [1.29, 1.82) is 0 Å². The number of anilines is 1. The summed E-state index contributed by atoms with van der Waals surface area (Å²) in [7, 11) is 0. The average Bonchev–Trinajstić information content (AvgIpc) is 2.53. The molecular weight excluding hydrogens is 300 g/mol. The number of nitrogen functional groups attached to an aromatic ring is 1. The van der Waals surface area contributed by atoms with Crippen molar-refractivity contribution in [1.82, 2.24) is 14.9 Å². The van der Waals surface area contributed by atoms with E-state index in [0.717, 1.165) is 23.2 Å². The van der Waals surface area contributed by atoms with Gasteiger partial charge in [0.05, 0.1) is 12.2 Å². The molecule has 22 heavy (non-hydrogen) atoms. The van der Waals surface area contributed by atoms with E-state index in [2.05, 4.69) is 9.97 Å². The number of hydrogen-bond donors (Lipinski definition) is 1. The summed E-state index contributed by atoms with van der Waals surface area (Å²) in [6, 6.07) is 7.40. The number of nitrogens with zero attached hydrogens (tertiary/aromatic N) is 3. The fourth-order valence-electron chi connectivity index (χ4n) is 2.38. The molecule has 1 aliphatic heterocycles. The maximum absolute atomic E-state index is 12.3. The third-order valence-corrected chi connectivity index (χ3v) is 3.93. The van der Waals surface area contributed by atoms with Gasteiger partial charge in [-0.05, 0) is 29.7 Å². The van der Waals surface area contributed by atoms with Gasteiger partial charge in [-0.25, -0.2) is 9.97 Å². The van der Waals surface area contributed by atoms with Crippen LogP contribution in [0.1, 0.15) is 16.8 Å². The van der Waals surface area contributed by atoms with Crippen LogP contribution in [0.3, 0.4) is 0 Å². The Bertz CT molecular complexity index is 745. The van der Waals surface area contributed by atoms with Crippen molar-refractivity contribution in [3.8, 4) is 0 Å². The molecule has 1 aliphatic rings. The first kappa shape index (κ1) is 14.5. The fraction of sp³-hybridized carbons (Fsp3) is 0.188. The van der Waals surface area contributed by atoms with Crippen molar-refractivity contribution < 1.29 is 4.79 Å². The maximum Gasteiger partial charge on any atom is 0.246 e. The van der Waals surface area contributed by atoms with E-state index in [4.69, 9.17) is 17.3 Å². The second-order valence-corrected chi connectivity index (χ2v) is 5.47. The second kappa shape index (κ2) is 6.15. The molecule has 2 N–H and O–H groups in total. The summed E-state index contributed by atoms with van der Waals surface area (Å²) < 4.78 is 0. The molecule has 5 nitrogen and oxygen atoms in total. The van der Waals surface area contributed by atoms with Crippen molar-refractivity contribution >= 4 is 29.5 Å². The number of rotatable bonds is 2. The molecule has 1 aromatic carbocycles. The van der Waals surface area contributed by atoms with Gasteiger partial charge in [-0.3, -0.25) is 4.79 Å². The molecule has 1 amide bonds. The van der Waals surface area contributed by atoms with E-state index in [1.807, 2.05) is 18.2 Å². The van der Waals surface area contributed by atoms with Gasteiger partial charge in [0.2, 0.25) is 11.9 Å². The van der Waals surface area contributed by atoms with E-state index < -0.39 is 0 Å². The molecule has 2 aromatic rings. The van der Waals surface area contributed by atoms with Crippen LogP contribution < -0.4 is 5.73 Å². The number of nitrogens with two attached hydrogens (primary N) is 1. The number of carbonyl (C=O) groups excluding carboxylic acids is 1. The zero-order valence-corrected chi connectivity index (χ0v) is 12.6. The average molecular weight is 315 g/mol. The number of halogens is 1. The summed E-state index contributed by atoms with van der Waals surface area (Å²) in [6.07, 6.45) is 5.74. The number of aromatic nitrogens is 2. The van der Waals surface area contributed by atoms with E-state index in [9.17, 15) is 4.79 Å². The van der Waals surface area contributed by atoms with Crippen LogP contribution in [-0.4, -0.2) is 27.3 Å². The molecular formula is C16H15ClN4O. The minimum atomic E-state index is -0.0669. The molecule has 0 bridgehead atoms. The molecule has 0 spiro atoms. The van der Waals surface area contributed by atoms with Crippen LogP contribution in [0.15, 0.2) is 36.5 Å². The van der Waals surface area contributed by atoms with Crippen molar-refractivity contribution in [3.63, 3.8) is 0 Å². The van der Waals surface area contributed by atoms with Crippen molar-refractivity contribution in [3.05, 3.63) is 58.4 Å². The minimum Gasteiger partial charge on any atom is -0.368 e. The van der Waals surface area contributed by atoms with Crippen LogP contribution in [0.25, 0.3) is 6.08 Å². The Labute approximate surface area is 133 Å². The SMILES string of the molecule is Nc1ncc2c(n1)CN(C(=O)C=Cc1ccccc1Cl)CC2. The fourth-order valence-corrected chi connectivity index (χ4v) is 2.58. The van der Waals surface area contributed by atoms with Gasteiger partial charge < -0.3 is 10.6 Å². The van der Waals surface area contributed by atoms with Crippen LogP contribution in [0, 0.1) is 0 Å². The van der Waals surface area contributed by atoms with Crippen LogP contribution in [0.4, 0.5) is 5.95 Å². The third-order valence-electron chi connectivity index (χ3n) is 3.59. The Hall–Kier alpha value is -2.40. The lowest BCUT2D eigenvalue weighted by Crippen LogP contribution is -2.35. The van der Waals surface area contributed by atoms with E-state index in [0.29, 0.717) is 18.1 Å². The van der Waals surface area contributed by atoms with E-state index in [1.165, 1.54) is 6.08 Å². The van der Waals surface area contributed by atoms with Gasteiger partial charge in [0.1, 0.15) is 0 Å². The second-order valence-electron chi connectivity index (χ2n) is 5.06. The van der Waals surface area contributed by atoms with Gasteiger partial charge in [-0.15, -0.1) is 0 Å². The van der Waals surface area contributed by atoms with Gasteiger partial charge in [-0.1, -0.05) is 29.8 Å². The lowest BCUT2D eigenvalue weighted by molar-refractivity contribution is -0.126. The molecule has 3 rings (SSSR count). The number of hydrogen-bond acceptors (Lipinski definition) is 4. The highest BCUT2D eigenvalue weighted by atomic mass is 35.5. The zero-order chi connectivity index (χ0) is 15.5. The third kappa shape index (κ3) is 3.09. The topological polar surface area (TPSA) is 72.1 Å². The molecule has 0 aliphatic carbocycles. The lowest BCUT2D eigenvalue weighted by Gasteiger charge is -2.26. The van der Waals surface area contributed by atoms with Crippen LogP contribution in [0.5, 0.6) is 0 Å². The van der Waals surface area contributed by atoms with E-state index in [1.54, 1.807) is 23.2 Å². The summed E-state index contributed by atoms with van der Waals surface area (Å²) in [4.78, 5) is 22.2. The first-order valence-corrected chi connectivity index (χ1v) is 7.33. The Morgan fingerprint density at radius 3 is 3.00 bits per heavy atom. The highest BCUT2D eigenvalue weighted by Crippen LogP contribution is 2.19. The first-order valence-electron chi connectivity index (χ1n) is 6.95. The first-order chi connectivity index (χ1) is 10.6. The van der Waals surface area contributed by atoms with Gasteiger partial charge in [0, 0.05) is 23.8 Å². The van der Waals surface area contributed by atoms with Crippen molar-refractivity contribution in [2.75, 3.05) is 12.3 Å². The van der Waals surface area contributed by atoms with Gasteiger partial charge in [-0.2, -0.15) is 0 Å². The number of fused-ring (bicyclic) bond motifs is 1. The molecule has 0 unspecified atom stereocenters. The predicted octanol–water partition coefficient (Wildman–Crippen LogP) is 2.31. The molecule has 0 fully saturated rings. The molecule has 1 aromatic heterocycles. The molecule has 6 heteroatoms. The van der Waals surface area contributed by atoms with Crippen LogP contribution in [0.2, 0.25) is 5.02 Å². The van der Waals surface area contributed by atoms with Gasteiger partial charge in [0.25, 0.3) is 0 Å². The zero-order valence-electron chi connectivity index (χ0n) is 11.9. The van der Waals surface area contributed by atoms with Crippen molar-refractivity contribution in [2.24, 2.45) is 0 Å². The summed E-state index contributed by atoms with van der Waals surface area (Å²) in [5.74, 6) is 0.169. The smallest absolute Gasteiger partial charge is 0.246 e.